The van der Waals surface area contributed by atoms with E-state index in [9.17, 15) is 4.39 Å². The Labute approximate surface area is 154 Å². The van der Waals surface area contributed by atoms with Gasteiger partial charge in [-0.2, -0.15) is 9.61 Å². The van der Waals surface area contributed by atoms with Gasteiger partial charge in [0.25, 0.3) is 0 Å². The molecule has 0 N–H and O–H groups in total. The van der Waals surface area contributed by atoms with Crippen LogP contribution in [0.1, 0.15) is 0 Å². The first-order valence-corrected chi connectivity index (χ1v) is 8.61. The third-order valence-corrected chi connectivity index (χ3v) is 5.14. The van der Waals surface area contributed by atoms with Crippen molar-refractivity contribution in [2.24, 2.45) is 0 Å². The summed E-state index contributed by atoms with van der Waals surface area (Å²) in [5.41, 5.74) is 1.27. The molecule has 0 aliphatic carbocycles. The summed E-state index contributed by atoms with van der Waals surface area (Å²) in [4.78, 5) is 0.571. The largest absolute Gasteiger partial charge is 0.235 e. The number of halogens is 4. The van der Waals surface area contributed by atoms with Crippen molar-refractivity contribution in [2.45, 2.75) is 0 Å². The second-order valence-corrected chi connectivity index (χ2v) is 7.09. The van der Waals surface area contributed by atoms with Crippen LogP contribution in [0, 0.1) is 5.82 Å². The number of hydrogen-bond acceptors (Lipinski definition) is 4. The molecule has 0 unspecified atom stereocenters. The van der Waals surface area contributed by atoms with Gasteiger partial charge in [0.2, 0.25) is 4.96 Å². The Morgan fingerprint density at radius 3 is 2.46 bits per heavy atom. The summed E-state index contributed by atoms with van der Waals surface area (Å²) in [5, 5.41) is 14.2. The highest BCUT2D eigenvalue weighted by molar-refractivity contribution is 7.19. The van der Waals surface area contributed by atoms with Crippen LogP contribution in [-0.2, 0) is 0 Å². The van der Waals surface area contributed by atoms with Gasteiger partial charge in [-0.15, -0.1) is 10.2 Å². The highest BCUT2D eigenvalue weighted by Crippen LogP contribution is 2.33. The van der Waals surface area contributed by atoms with Gasteiger partial charge in [0.15, 0.2) is 5.82 Å². The molecule has 4 nitrogen and oxygen atoms in total. The molecule has 4 rings (SSSR count). The van der Waals surface area contributed by atoms with Crippen LogP contribution in [0.5, 0.6) is 0 Å². The number of hydrogen-bond donors (Lipinski definition) is 0. The summed E-state index contributed by atoms with van der Waals surface area (Å²) in [7, 11) is 0. The average molecular weight is 400 g/mol. The minimum absolute atomic E-state index is 0.0513. The third kappa shape index (κ3) is 2.65. The summed E-state index contributed by atoms with van der Waals surface area (Å²) < 4.78 is 15.3. The van der Waals surface area contributed by atoms with Crippen molar-refractivity contribution in [3.63, 3.8) is 0 Å². The Balaban J connectivity index is 1.86. The second kappa shape index (κ2) is 5.97. The summed E-state index contributed by atoms with van der Waals surface area (Å²) in [5.74, 6) is -0.233. The van der Waals surface area contributed by atoms with Crippen molar-refractivity contribution < 1.29 is 4.39 Å². The lowest BCUT2D eigenvalue weighted by Gasteiger charge is -2.02. The van der Waals surface area contributed by atoms with Crippen LogP contribution in [0.15, 0.2) is 36.4 Å². The van der Waals surface area contributed by atoms with E-state index in [1.54, 1.807) is 12.1 Å². The first-order chi connectivity index (χ1) is 11.5. The van der Waals surface area contributed by atoms with Gasteiger partial charge in [-0.1, -0.05) is 58.3 Å². The number of fused-ring (bicyclic) bond motifs is 1. The van der Waals surface area contributed by atoms with E-state index in [1.807, 2.05) is 12.1 Å². The highest BCUT2D eigenvalue weighted by atomic mass is 35.5. The number of rotatable bonds is 2. The van der Waals surface area contributed by atoms with E-state index in [1.165, 1.54) is 28.0 Å². The molecule has 0 aliphatic rings. The Morgan fingerprint density at radius 1 is 0.958 bits per heavy atom. The van der Waals surface area contributed by atoms with E-state index < -0.39 is 5.82 Å². The second-order valence-electron chi connectivity index (χ2n) is 4.88. The quantitative estimate of drug-likeness (QED) is 0.411. The topological polar surface area (TPSA) is 43.1 Å². The van der Waals surface area contributed by atoms with Gasteiger partial charge in [0, 0.05) is 16.1 Å². The van der Waals surface area contributed by atoms with Crippen molar-refractivity contribution in [3.8, 4) is 22.0 Å². The maximum Gasteiger partial charge on any atom is 0.235 e. The van der Waals surface area contributed by atoms with Gasteiger partial charge in [0.05, 0.1) is 10.0 Å². The summed E-state index contributed by atoms with van der Waals surface area (Å²) in [6, 6.07) is 9.85. The molecule has 0 bridgehead atoms. The number of benzene rings is 2. The SMILES string of the molecule is Fc1cc(-c2nnc3sc(-c4ccc(Cl)cc4)nn23)c(Cl)cc1Cl. The molecule has 24 heavy (non-hydrogen) atoms. The van der Waals surface area contributed by atoms with E-state index >= 15 is 0 Å². The molecule has 9 heteroatoms. The predicted octanol–water partition coefficient (Wildman–Crippen LogP) is 5.62. The lowest BCUT2D eigenvalue weighted by Crippen LogP contribution is -1.93. The molecule has 0 radical (unpaired) electrons. The first-order valence-electron chi connectivity index (χ1n) is 6.66. The van der Waals surface area contributed by atoms with Crippen LogP contribution in [-0.4, -0.2) is 19.8 Å². The first kappa shape index (κ1) is 15.8. The fourth-order valence-electron chi connectivity index (χ4n) is 2.19. The molecule has 0 aliphatic heterocycles. The lowest BCUT2D eigenvalue weighted by atomic mass is 10.2. The third-order valence-electron chi connectivity index (χ3n) is 3.33. The molecule has 0 amide bonds. The zero-order chi connectivity index (χ0) is 16.8. The van der Waals surface area contributed by atoms with Crippen LogP contribution in [0.25, 0.3) is 26.9 Å². The molecule has 2 aromatic heterocycles. The molecular formula is C15H6Cl3FN4S. The van der Waals surface area contributed by atoms with Crippen LogP contribution in [0.2, 0.25) is 15.1 Å². The Morgan fingerprint density at radius 2 is 1.71 bits per heavy atom. The van der Waals surface area contributed by atoms with Crippen molar-refractivity contribution >= 4 is 51.1 Å². The Hall–Kier alpha value is -1.73. The van der Waals surface area contributed by atoms with Crippen LogP contribution in [0.4, 0.5) is 4.39 Å². The standard InChI is InChI=1S/C15H6Cl3FN4S/c16-8-3-1-7(2-4-8)14-22-23-13(20-21-15(23)24-14)9-5-12(19)11(18)6-10(9)17/h1-6H. The molecule has 0 saturated heterocycles. The van der Waals surface area contributed by atoms with Crippen molar-refractivity contribution in [1.29, 1.82) is 0 Å². The molecule has 2 aromatic carbocycles. The monoisotopic (exact) mass is 398 g/mol. The van der Waals surface area contributed by atoms with Crippen LogP contribution in [0.3, 0.4) is 0 Å². The van der Waals surface area contributed by atoms with Crippen molar-refractivity contribution in [1.82, 2.24) is 19.8 Å². The predicted molar refractivity (Wildman–Crippen MR) is 94.5 cm³/mol. The van der Waals surface area contributed by atoms with Crippen molar-refractivity contribution in [3.05, 3.63) is 57.3 Å². The molecule has 4 aromatic rings. The zero-order valence-corrected chi connectivity index (χ0v) is 14.8. The average Bonchev–Trinajstić information content (AvgIpc) is 3.12. The Bertz CT molecular complexity index is 1060. The van der Waals surface area contributed by atoms with E-state index in [0.29, 0.717) is 21.4 Å². The molecule has 2 heterocycles. The minimum atomic E-state index is -0.582. The highest BCUT2D eigenvalue weighted by Gasteiger charge is 2.18. The maximum atomic E-state index is 13.8. The normalized spacial score (nSPS) is 11.3. The molecular weight excluding hydrogens is 394 g/mol. The molecule has 120 valence electrons. The van der Waals surface area contributed by atoms with Gasteiger partial charge in [-0.3, -0.25) is 0 Å². The summed E-state index contributed by atoms with van der Waals surface area (Å²) >= 11 is 19.2. The van der Waals surface area contributed by atoms with Gasteiger partial charge in [-0.25, -0.2) is 4.39 Å². The van der Waals surface area contributed by atoms with Gasteiger partial charge >= 0.3 is 0 Å². The van der Waals surface area contributed by atoms with E-state index in [-0.39, 0.29) is 10.0 Å². The van der Waals surface area contributed by atoms with Crippen LogP contribution < -0.4 is 0 Å². The number of nitrogens with zero attached hydrogens (tertiary/aromatic N) is 4. The van der Waals surface area contributed by atoms with E-state index in [0.717, 1.165) is 10.6 Å². The maximum absolute atomic E-state index is 13.8. The molecule has 0 saturated carbocycles. The zero-order valence-electron chi connectivity index (χ0n) is 11.7. The van der Waals surface area contributed by atoms with E-state index in [2.05, 4.69) is 15.3 Å². The lowest BCUT2D eigenvalue weighted by molar-refractivity contribution is 0.628. The molecule has 0 fully saturated rings. The fourth-order valence-corrected chi connectivity index (χ4v) is 3.63. The van der Waals surface area contributed by atoms with Gasteiger partial charge < -0.3 is 0 Å². The fraction of sp³-hybridized carbons (Fsp3) is 0. The molecule has 0 spiro atoms. The van der Waals surface area contributed by atoms with Gasteiger partial charge in [-0.05, 0) is 24.3 Å². The van der Waals surface area contributed by atoms with E-state index in [4.69, 9.17) is 34.8 Å². The minimum Gasteiger partial charge on any atom is -0.205 e. The number of aromatic nitrogens is 4. The molecule has 0 atom stereocenters. The smallest absolute Gasteiger partial charge is 0.205 e. The summed E-state index contributed by atoms with van der Waals surface area (Å²) in [6.45, 7) is 0. The van der Waals surface area contributed by atoms with Crippen LogP contribution >= 0.6 is 46.1 Å². The van der Waals surface area contributed by atoms with Crippen molar-refractivity contribution in [2.75, 3.05) is 0 Å². The van der Waals surface area contributed by atoms with Gasteiger partial charge in [0.1, 0.15) is 10.8 Å². The Kier molecular flexibility index (Phi) is 3.92. The summed E-state index contributed by atoms with van der Waals surface area (Å²) in [6.07, 6.45) is 0.